The van der Waals surface area contributed by atoms with Gasteiger partial charge >= 0.3 is 0 Å². The summed E-state index contributed by atoms with van der Waals surface area (Å²) in [5.41, 5.74) is 0.393. The molecule has 0 spiro atoms. The van der Waals surface area contributed by atoms with E-state index in [1.807, 2.05) is 6.07 Å². The summed E-state index contributed by atoms with van der Waals surface area (Å²) in [6.07, 6.45) is 1.63. The van der Waals surface area contributed by atoms with Crippen molar-refractivity contribution in [2.45, 2.75) is 6.54 Å². The number of hydrogen-bond donors (Lipinski definition) is 1. The van der Waals surface area contributed by atoms with E-state index in [-0.39, 0.29) is 6.54 Å². The highest BCUT2D eigenvalue weighted by atomic mass is 79.9. The molecule has 1 aromatic heterocycles. The van der Waals surface area contributed by atoms with E-state index in [9.17, 15) is 8.78 Å². The van der Waals surface area contributed by atoms with Crippen LogP contribution in [0.4, 0.5) is 14.6 Å². The molecule has 1 heterocycles. The molecule has 0 aliphatic rings. The van der Waals surface area contributed by atoms with E-state index in [1.165, 1.54) is 12.1 Å². The predicted octanol–water partition coefficient (Wildman–Crippen LogP) is 3.73. The van der Waals surface area contributed by atoms with Gasteiger partial charge in [-0.1, -0.05) is 6.07 Å². The molecule has 0 fully saturated rings. The van der Waals surface area contributed by atoms with Crippen LogP contribution in [0.1, 0.15) is 5.56 Å². The van der Waals surface area contributed by atoms with E-state index >= 15 is 0 Å². The lowest BCUT2D eigenvalue weighted by Crippen LogP contribution is -2.04. The van der Waals surface area contributed by atoms with Crippen molar-refractivity contribution >= 4 is 21.7 Å². The number of pyridine rings is 1. The summed E-state index contributed by atoms with van der Waals surface area (Å²) in [5, 5.41) is 2.97. The fraction of sp³-hybridized carbons (Fsp3) is 0.0833. The summed E-state index contributed by atoms with van der Waals surface area (Å²) in [6.45, 7) is 0.252. The Labute approximate surface area is 106 Å². The summed E-state index contributed by atoms with van der Waals surface area (Å²) < 4.78 is 26.8. The average molecular weight is 299 g/mol. The van der Waals surface area contributed by atoms with Gasteiger partial charge in [-0.05, 0) is 34.1 Å². The molecule has 1 N–H and O–H groups in total. The minimum atomic E-state index is -0.578. The maximum atomic E-state index is 13.3. The molecule has 0 aliphatic heterocycles. The van der Waals surface area contributed by atoms with Gasteiger partial charge in [0, 0.05) is 24.4 Å². The third-order valence-corrected chi connectivity index (χ3v) is 2.86. The third-order valence-electron chi connectivity index (χ3n) is 2.22. The molecule has 2 aromatic rings. The Balaban J connectivity index is 2.10. The molecule has 0 saturated heterocycles. The number of nitrogens with one attached hydrogen (secondary N) is 1. The van der Waals surface area contributed by atoms with Gasteiger partial charge in [-0.15, -0.1) is 0 Å². The van der Waals surface area contributed by atoms with Crippen LogP contribution >= 0.6 is 15.9 Å². The van der Waals surface area contributed by atoms with Crippen LogP contribution in [0, 0.1) is 11.6 Å². The van der Waals surface area contributed by atoms with Crippen LogP contribution < -0.4 is 5.32 Å². The fourth-order valence-electron chi connectivity index (χ4n) is 1.36. The average Bonchev–Trinajstić information content (AvgIpc) is 2.30. The van der Waals surface area contributed by atoms with Crippen LogP contribution in [0.3, 0.4) is 0 Å². The molecule has 0 amide bonds. The fourth-order valence-corrected chi connectivity index (χ4v) is 1.75. The Morgan fingerprint density at radius 1 is 1.24 bits per heavy atom. The topological polar surface area (TPSA) is 24.9 Å². The van der Waals surface area contributed by atoms with E-state index < -0.39 is 11.6 Å². The smallest absolute Gasteiger partial charge is 0.140 e. The SMILES string of the molecule is Fc1ccc(CNc2ncccc2Br)c(F)c1. The van der Waals surface area contributed by atoms with Gasteiger partial charge < -0.3 is 5.32 Å². The predicted molar refractivity (Wildman–Crippen MR) is 65.6 cm³/mol. The zero-order chi connectivity index (χ0) is 12.3. The number of benzene rings is 1. The second kappa shape index (κ2) is 5.23. The Morgan fingerprint density at radius 3 is 2.76 bits per heavy atom. The van der Waals surface area contributed by atoms with Crippen molar-refractivity contribution in [2.75, 3.05) is 5.32 Å². The van der Waals surface area contributed by atoms with E-state index in [4.69, 9.17) is 0 Å². The first kappa shape index (κ1) is 12.0. The number of hydrogen-bond acceptors (Lipinski definition) is 2. The normalized spacial score (nSPS) is 10.3. The first-order valence-corrected chi connectivity index (χ1v) is 5.74. The van der Waals surface area contributed by atoms with Gasteiger partial charge in [0.15, 0.2) is 0 Å². The summed E-state index contributed by atoms with van der Waals surface area (Å²) in [7, 11) is 0. The lowest BCUT2D eigenvalue weighted by Gasteiger charge is -2.08. The molecule has 0 atom stereocenters. The van der Waals surface area contributed by atoms with Crippen molar-refractivity contribution in [1.82, 2.24) is 4.98 Å². The summed E-state index contributed by atoms with van der Waals surface area (Å²) in [4.78, 5) is 4.09. The summed E-state index contributed by atoms with van der Waals surface area (Å²) in [6, 6.07) is 7.12. The van der Waals surface area contributed by atoms with Crippen LogP contribution in [-0.4, -0.2) is 4.98 Å². The molecule has 0 saturated carbocycles. The van der Waals surface area contributed by atoms with Crippen molar-refractivity contribution < 1.29 is 8.78 Å². The van der Waals surface area contributed by atoms with E-state index in [0.29, 0.717) is 11.4 Å². The Kier molecular flexibility index (Phi) is 3.68. The van der Waals surface area contributed by atoms with Crippen LogP contribution in [0.25, 0.3) is 0 Å². The molecule has 2 rings (SSSR count). The Morgan fingerprint density at radius 2 is 2.06 bits per heavy atom. The molecular formula is C12H9BrF2N2. The van der Waals surface area contributed by atoms with Crippen molar-refractivity contribution in [1.29, 1.82) is 0 Å². The molecule has 5 heteroatoms. The van der Waals surface area contributed by atoms with Crippen molar-refractivity contribution in [2.24, 2.45) is 0 Å². The third kappa shape index (κ3) is 3.00. The minimum absolute atomic E-state index is 0.252. The highest BCUT2D eigenvalue weighted by Crippen LogP contribution is 2.19. The minimum Gasteiger partial charge on any atom is -0.365 e. The Bertz CT molecular complexity index is 532. The first-order valence-electron chi connectivity index (χ1n) is 4.95. The molecule has 88 valence electrons. The van der Waals surface area contributed by atoms with Crippen LogP contribution in [0.5, 0.6) is 0 Å². The monoisotopic (exact) mass is 298 g/mol. The van der Waals surface area contributed by atoms with Crippen molar-refractivity contribution in [3.05, 3.63) is 58.2 Å². The van der Waals surface area contributed by atoms with Crippen molar-refractivity contribution in [3.63, 3.8) is 0 Å². The number of halogens is 3. The van der Waals surface area contributed by atoms with E-state index in [0.717, 1.165) is 10.5 Å². The molecule has 17 heavy (non-hydrogen) atoms. The second-order valence-electron chi connectivity index (χ2n) is 3.42. The second-order valence-corrected chi connectivity index (χ2v) is 4.28. The molecular weight excluding hydrogens is 290 g/mol. The molecule has 0 bridgehead atoms. The maximum absolute atomic E-state index is 13.3. The number of anilines is 1. The zero-order valence-corrected chi connectivity index (χ0v) is 10.3. The van der Waals surface area contributed by atoms with Gasteiger partial charge in [0.25, 0.3) is 0 Å². The lowest BCUT2D eigenvalue weighted by molar-refractivity contribution is 0.574. The summed E-state index contributed by atoms with van der Waals surface area (Å²) >= 11 is 3.32. The zero-order valence-electron chi connectivity index (χ0n) is 8.75. The van der Waals surface area contributed by atoms with Gasteiger partial charge in [0.2, 0.25) is 0 Å². The Hall–Kier alpha value is -1.49. The van der Waals surface area contributed by atoms with E-state index in [1.54, 1.807) is 12.3 Å². The van der Waals surface area contributed by atoms with Crippen LogP contribution in [0.15, 0.2) is 41.0 Å². The summed E-state index contributed by atoms with van der Waals surface area (Å²) in [5.74, 6) is -0.522. The maximum Gasteiger partial charge on any atom is 0.140 e. The first-order chi connectivity index (χ1) is 8.16. The van der Waals surface area contributed by atoms with Crippen LogP contribution in [-0.2, 0) is 6.54 Å². The number of rotatable bonds is 3. The highest BCUT2D eigenvalue weighted by molar-refractivity contribution is 9.10. The van der Waals surface area contributed by atoms with Gasteiger partial charge in [-0.25, -0.2) is 13.8 Å². The van der Waals surface area contributed by atoms with E-state index in [2.05, 4.69) is 26.2 Å². The standard InChI is InChI=1S/C12H9BrF2N2/c13-10-2-1-5-16-12(10)17-7-8-3-4-9(14)6-11(8)15/h1-6H,7H2,(H,16,17). The molecule has 0 unspecified atom stereocenters. The number of aromatic nitrogens is 1. The van der Waals surface area contributed by atoms with Gasteiger partial charge in [-0.2, -0.15) is 0 Å². The quantitative estimate of drug-likeness (QED) is 0.934. The molecule has 0 radical (unpaired) electrons. The van der Waals surface area contributed by atoms with Gasteiger partial charge in [0.1, 0.15) is 17.5 Å². The van der Waals surface area contributed by atoms with Crippen molar-refractivity contribution in [3.8, 4) is 0 Å². The van der Waals surface area contributed by atoms with Crippen LogP contribution in [0.2, 0.25) is 0 Å². The number of nitrogens with zero attached hydrogens (tertiary/aromatic N) is 1. The molecule has 0 aliphatic carbocycles. The lowest BCUT2D eigenvalue weighted by atomic mass is 10.2. The molecule has 1 aromatic carbocycles. The van der Waals surface area contributed by atoms with Gasteiger partial charge in [0.05, 0.1) is 4.47 Å². The largest absolute Gasteiger partial charge is 0.365 e. The molecule has 2 nitrogen and oxygen atoms in total. The highest BCUT2D eigenvalue weighted by Gasteiger charge is 2.05. The van der Waals surface area contributed by atoms with Gasteiger partial charge in [-0.3, -0.25) is 0 Å².